The number of fused-ring (bicyclic) bond motifs is 1. The monoisotopic (exact) mass is 371 g/mol. The number of halogens is 2. The zero-order valence-electron chi connectivity index (χ0n) is 15.1. The maximum absolute atomic E-state index is 13.8. The fraction of sp³-hybridized carbons (Fsp3) is 0.381. The van der Waals surface area contributed by atoms with Crippen LogP contribution >= 0.6 is 0 Å². The first-order chi connectivity index (χ1) is 13.0. The van der Waals surface area contributed by atoms with Gasteiger partial charge in [-0.2, -0.15) is 0 Å². The van der Waals surface area contributed by atoms with Crippen LogP contribution in [0.2, 0.25) is 0 Å². The van der Waals surface area contributed by atoms with Crippen molar-refractivity contribution in [1.29, 1.82) is 0 Å². The van der Waals surface area contributed by atoms with E-state index in [9.17, 15) is 13.6 Å². The standard InChI is InChI=1S/C21H23F2N3O/c22-16-9-14(10-17(23)12-16)11-19-18-4-2-1-3-15(18)13-21(19,20(24)27)26-7-5-25-6-8-26/h1-4,9-10,12,19,25H,5-8,11,13H2,(H2,24,27). The summed E-state index contributed by atoms with van der Waals surface area (Å²) in [5, 5.41) is 3.30. The average molecular weight is 371 g/mol. The van der Waals surface area contributed by atoms with Gasteiger partial charge in [0.2, 0.25) is 5.91 Å². The first kappa shape index (κ1) is 18.1. The van der Waals surface area contributed by atoms with Crippen molar-refractivity contribution in [2.24, 2.45) is 5.73 Å². The molecule has 0 saturated carbocycles. The summed E-state index contributed by atoms with van der Waals surface area (Å²) in [6, 6.07) is 11.5. The number of benzene rings is 2. The molecule has 0 radical (unpaired) electrons. The van der Waals surface area contributed by atoms with E-state index in [1.54, 1.807) is 0 Å². The maximum atomic E-state index is 13.8. The number of amides is 1. The minimum Gasteiger partial charge on any atom is -0.368 e. The van der Waals surface area contributed by atoms with E-state index in [4.69, 9.17) is 5.73 Å². The second-order valence-electron chi connectivity index (χ2n) is 7.44. The van der Waals surface area contributed by atoms with Crippen LogP contribution in [0.3, 0.4) is 0 Å². The normalized spacial score (nSPS) is 25.3. The molecular formula is C21H23F2N3O. The van der Waals surface area contributed by atoms with Gasteiger partial charge in [-0.25, -0.2) is 8.78 Å². The summed E-state index contributed by atoms with van der Waals surface area (Å²) in [6.45, 7) is 3.00. The largest absolute Gasteiger partial charge is 0.368 e. The number of nitrogens with zero attached hydrogens (tertiary/aromatic N) is 1. The van der Waals surface area contributed by atoms with Gasteiger partial charge in [-0.15, -0.1) is 0 Å². The lowest BCUT2D eigenvalue weighted by Crippen LogP contribution is -2.64. The summed E-state index contributed by atoms with van der Waals surface area (Å²) in [5.41, 5.74) is 7.78. The lowest BCUT2D eigenvalue weighted by atomic mass is 9.78. The van der Waals surface area contributed by atoms with Crippen LogP contribution in [0.4, 0.5) is 8.78 Å². The summed E-state index contributed by atoms with van der Waals surface area (Å²) in [6.07, 6.45) is 0.888. The first-order valence-electron chi connectivity index (χ1n) is 9.29. The Morgan fingerprint density at radius 2 is 1.81 bits per heavy atom. The summed E-state index contributed by atoms with van der Waals surface area (Å²) in [4.78, 5) is 15.0. The Morgan fingerprint density at radius 1 is 1.15 bits per heavy atom. The van der Waals surface area contributed by atoms with Gasteiger partial charge in [-0.05, 0) is 35.2 Å². The highest BCUT2D eigenvalue weighted by atomic mass is 19.1. The predicted octanol–water partition coefficient (Wildman–Crippen LogP) is 1.98. The number of hydrogen-bond acceptors (Lipinski definition) is 3. The predicted molar refractivity (Wildman–Crippen MR) is 99.3 cm³/mol. The Labute approximate surface area is 157 Å². The van der Waals surface area contributed by atoms with E-state index in [0.29, 0.717) is 31.5 Å². The second-order valence-corrected chi connectivity index (χ2v) is 7.44. The van der Waals surface area contributed by atoms with Crippen LogP contribution in [-0.4, -0.2) is 42.5 Å². The van der Waals surface area contributed by atoms with Crippen LogP contribution in [0.15, 0.2) is 42.5 Å². The zero-order chi connectivity index (χ0) is 19.0. The van der Waals surface area contributed by atoms with Gasteiger partial charge < -0.3 is 11.1 Å². The van der Waals surface area contributed by atoms with Crippen molar-refractivity contribution in [3.8, 4) is 0 Å². The number of rotatable bonds is 4. The Hall–Kier alpha value is -2.31. The lowest BCUT2D eigenvalue weighted by Gasteiger charge is -2.45. The molecule has 1 aliphatic carbocycles. The molecule has 4 rings (SSSR count). The molecule has 2 aliphatic rings. The minimum atomic E-state index is -0.880. The SMILES string of the molecule is NC(=O)C1(N2CCNCC2)Cc2ccccc2C1Cc1cc(F)cc(F)c1. The summed E-state index contributed by atoms with van der Waals surface area (Å²) in [5.74, 6) is -1.83. The van der Waals surface area contributed by atoms with Crippen LogP contribution in [-0.2, 0) is 17.6 Å². The smallest absolute Gasteiger partial charge is 0.238 e. The third kappa shape index (κ3) is 3.13. The van der Waals surface area contributed by atoms with Crippen molar-refractivity contribution in [3.05, 3.63) is 70.8 Å². The summed E-state index contributed by atoms with van der Waals surface area (Å²) in [7, 11) is 0. The molecule has 2 aromatic rings. The van der Waals surface area contributed by atoms with Gasteiger partial charge in [0.05, 0.1) is 0 Å². The highest BCUT2D eigenvalue weighted by molar-refractivity contribution is 5.88. The molecule has 2 aromatic carbocycles. The molecule has 1 fully saturated rings. The van der Waals surface area contributed by atoms with Gasteiger partial charge >= 0.3 is 0 Å². The van der Waals surface area contributed by atoms with E-state index in [-0.39, 0.29) is 11.8 Å². The van der Waals surface area contributed by atoms with Gasteiger partial charge in [0, 0.05) is 44.6 Å². The summed E-state index contributed by atoms with van der Waals surface area (Å²) < 4.78 is 27.5. The third-order valence-electron chi connectivity index (χ3n) is 5.94. The van der Waals surface area contributed by atoms with Crippen molar-refractivity contribution < 1.29 is 13.6 Å². The molecule has 1 saturated heterocycles. The molecule has 4 nitrogen and oxygen atoms in total. The van der Waals surface area contributed by atoms with Crippen molar-refractivity contribution in [2.45, 2.75) is 24.3 Å². The highest BCUT2D eigenvalue weighted by Crippen LogP contribution is 2.46. The molecule has 0 bridgehead atoms. The molecule has 1 aliphatic heterocycles. The van der Waals surface area contributed by atoms with Crippen LogP contribution in [0.1, 0.15) is 22.6 Å². The van der Waals surface area contributed by atoms with Gasteiger partial charge in [0.1, 0.15) is 17.2 Å². The average Bonchev–Trinajstić information content (AvgIpc) is 2.97. The molecule has 27 heavy (non-hydrogen) atoms. The minimum absolute atomic E-state index is 0.245. The molecule has 0 aromatic heterocycles. The van der Waals surface area contributed by atoms with Crippen LogP contribution < -0.4 is 11.1 Å². The Kier molecular flexibility index (Phi) is 4.70. The van der Waals surface area contributed by atoms with Crippen molar-refractivity contribution in [2.75, 3.05) is 26.2 Å². The van der Waals surface area contributed by atoms with Gasteiger partial charge in [-0.1, -0.05) is 24.3 Å². The van der Waals surface area contributed by atoms with E-state index in [1.807, 2.05) is 24.3 Å². The number of piperazine rings is 1. The molecule has 2 atom stereocenters. The van der Waals surface area contributed by atoms with E-state index in [2.05, 4.69) is 10.2 Å². The molecule has 2 unspecified atom stereocenters. The van der Waals surface area contributed by atoms with Crippen molar-refractivity contribution >= 4 is 5.91 Å². The Bertz CT molecular complexity index is 846. The molecule has 0 spiro atoms. The Balaban J connectivity index is 1.80. The van der Waals surface area contributed by atoms with Gasteiger partial charge in [0.15, 0.2) is 0 Å². The summed E-state index contributed by atoms with van der Waals surface area (Å²) >= 11 is 0. The van der Waals surface area contributed by atoms with Crippen molar-refractivity contribution in [3.63, 3.8) is 0 Å². The van der Waals surface area contributed by atoms with Gasteiger partial charge in [-0.3, -0.25) is 9.69 Å². The highest BCUT2D eigenvalue weighted by Gasteiger charge is 2.54. The number of nitrogens with one attached hydrogen (secondary N) is 1. The molecule has 3 N–H and O–H groups in total. The number of hydrogen-bond donors (Lipinski definition) is 2. The molecule has 142 valence electrons. The first-order valence-corrected chi connectivity index (χ1v) is 9.29. The van der Waals surface area contributed by atoms with Crippen LogP contribution in [0, 0.1) is 11.6 Å². The quantitative estimate of drug-likeness (QED) is 0.864. The number of carbonyl (C=O) groups is 1. The van der Waals surface area contributed by atoms with E-state index < -0.39 is 17.2 Å². The third-order valence-corrected chi connectivity index (χ3v) is 5.94. The van der Waals surface area contributed by atoms with Crippen molar-refractivity contribution in [1.82, 2.24) is 10.2 Å². The number of primary amides is 1. The van der Waals surface area contributed by atoms with E-state index in [0.717, 1.165) is 30.3 Å². The fourth-order valence-electron chi connectivity index (χ4n) is 4.76. The fourth-order valence-corrected chi connectivity index (χ4v) is 4.76. The Morgan fingerprint density at radius 3 is 2.48 bits per heavy atom. The molecule has 1 heterocycles. The molecular weight excluding hydrogens is 348 g/mol. The lowest BCUT2D eigenvalue weighted by molar-refractivity contribution is -0.132. The number of nitrogens with two attached hydrogens (primary N) is 1. The molecule has 1 amide bonds. The van der Waals surface area contributed by atoms with E-state index in [1.165, 1.54) is 12.1 Å². The maximum Gasteiger partial charge on any atom is 0.238 e. The van der Waals surface area contributed by atoms with Crippen LogP contribution in [0.5, 0.6) is 0 Å². The van der Waals surface area contributed by atoms with E-state index >= 15 is 0 Å². The topological polar surface area (TPSA) is 58.4 Å². The number of carbonyl (C=O) groups excluding carboxylic acids is 1. The molecule has 6 heteroatoms. The van der Waals surface area contributed by atoms with Crippen LogP contribution in [0.25, 0.3) is 0 Å². The second kappa shape index (κ2) is 7.02. The van der Waals surface area contributed by atoms with Gasteiger partial charge in [0.25, 0.3) is 0 Å². The zero-order valence-corrected chi connectivity index (χ0v) is 15.1.